The van der Waals surface area contributed by atoms with E-state index in [0.29, 0.717) is 11.5 Å². The van der Waals surface area contributed by atoms with Gasteiger partial charge in [0, 0.05) is 26.9 Å². The van der Waals surface area contributed by atoms with Crippen LogP contribution >= 0.6 is 0 Å². The van der Waals surface area contributed by atoms with Gasteiger partial charge >= 0.3 is 8.80 Å². The van der Waals surface area contributed by atoms with Crippen molar-refractivity contribution in [1.82, 2.24) is 0 Å². The third-order valence-electron chi connectivity index (χ3n) is 2.28. The average molecular weight is 206 g/mol. The Balaban J connectivity index is 4.34. The lowest BCUT2D eigenvalue weighted by Crippen LogP contribution is -2.47. The first-order chi connectivity index (χ1) is 6.02. The van der Waals surface area contributed by atoms with E-state index in [1.807, 2.05) is 0 Å². The van der Waals surface area contributed by atoms with Crippen LogP contribution in [-0.2, 0) is 13.3 Å². The zero-order valence-electron chi connectivity index (χ0n) is 9.59. The summed E-state index contributed by atoms with van der Waals surface area (Å²) in [5.41, 5.74) is 0.354. The molecule has 0 saturated carbocycles. The normalized spacial score (nSPS) is 15.0. The Morgan fingerprint density at radius 1 is 0.923 bits per heavy atom. The summed E-state index contributed by atoms with van der Waals surface area (Å²) in [5.74, 6) is 0.641. The Labute approximate surface area is 82.8 Å². The van der Waals surface area contributed by atoms with Gasteiger partial charge in [0.05, 0.1) is 0 Å². The molecule has 0 N–H and O–H groups in total. The smallest absolute Gasteiger partial charge is 0.377 e. The second-order valence-corrected chi connectivity index (χ2v) is 7.16. The van der Waals surface area contributed by atoms with Gasteiger partial charge in [-0.05, 0) is 12.3 Å². The molecule has 0 aliphatic heterocycles. The highest BCUT2D eigenvalue weighted by Gasteiger charge is 2.44. The van der Waals surface area contributed by atoms with Crippen LogP contribution in [0.3, 0.4) is 0 Å². The van der Waals surface area contributed by atoms with Gasteiger partial charge in [-0.3, -0.25) is 0 Å². The Bertz CT molecular complexity index is 127. The summed E-state index contributed by atoms with van der Waals surface area (Å²) >= 11 is 0. The molecule has 1 atom stereocenters. The topological polar surface area (TPSA) is 27.7 Å². The fraction of sp³-hybridized carbons (Fsp3) is 1.00. The van der Waals surface area contributed by atoms with E-state index in [9.17, 15) is 0 Å². The molecule has 13 heavy (non-hydrogen) atoms. The van der Waals surface area contributed by atoms with E-state index in [1.54, 1.807) is 21.3 Å². The van der Waals surface area contributed by atoms with Crippen molar-refractivity contribution in [2.24, 2.45) is 5.92 Å². The van der Waals surface area contributed by atoms with Crippen LogP contribution in [0.15, 0.2) is 0 Å². The van der Waals surface area contributed by atoms with Crippen LogP contribution in [0.1, 0.15) is 27.2 Å². The Hall–Kier alpha value is 0.0969. The van der Waals surface area contributed by atoms with E-state index < -0.39 is 8.80 Å². The maximum Gasteiger partial charge on any atom is 0.503 e. The zero-order valence-corrected chi connectivity index (χ0v) is 10.6. The molecule has 0 aliphatic carbocycles. The van der Waals surface area contributed by atoms with Gasteiger partial charge in [0.15, 0.2) is 0 Å². The average Bonchev–Trinajstić information content (AvgIpc) is 2.07. The maximum absolute atomic E-state index is 5.39. The molecule has 0 heterocycles. The Morgan fingerprint density at radius 2 is 1.31 bits per heavy atom. The second kappa shape index (κ2) is 5.75. The summed E-state index contributed by atoms with van der Waals surface area (Å²) in [5, 5.41) is 0. The number of hydrogen-bond donors (Lipinski definition) is 0. The minimum Gasteiger partial charge on any atom is -0.377 e. The van der Waals surface area contributed by atoms with Crippen molar-refractivity contribution < 1.29 is 13.3 Å². The predicted molar refractivity (Wildman–Crippen MR) is 55.7 cm³/mol. The van der Waals surface area contributed by atoms with Gasteiger partial charge in [-0.25, -0.2) is 0 Å². The molecule has 0 aromatic carbocycles. The molecule has 0 amide bonds. The second-order valence-electron chi connectivity index (χ2n) is 3.75. The summed E-state index contributed by atoms with van der Waals surface area (Å²) in [6.07, 6.45) is 1.07. The fourth-order valence-electron chi connectivity index (χ4n) is 1.70. The van der Waals surface area contributed by atoms with Crippen molar-refractivity contribution in [2.75, 3.05) is 21.3 Å². The lowest BCUT2D eigenvalue weighted by molar-refractivity contribution is 0.110. The first-order valence-corrected chi connectivity index (χ1v) is 6.48. The van der Waals surface area contributed by atoms with Crippen LogP contribution in [0.2, 0.25) is 5.54 Å². The molecule has 0 aromatic rings. The van der Waals surface area contributed by atoms with E-state index >= 15 is 0 Å². The molecule has 3 nitrogen and oxygen atoms in total. The standard InChI is InChI=1S/C9H22O3Si/c1-8(2)7-9(3)13(10-4,11-5)12-6/h8-9H,7H2,1-6H3. The SMILES string of the molecule is CO[Si](OC)(OC)C(C)CC(C)C. The van der Waals surface area contributed by atoms with Gasteiger partial charge < -0.3 is 13.3 Å². The molecule has 0 bridgehead atoms. The summed E-state index contributed by atoms with van der Waals surface area (Å²) < 4.78 is 16.2. The summed E-state index contributed by atoms with van der Waals surface area (Å²) in [7, 11) is 2.60. The highest BCUT2D eigenvalue weighted by Crippen LogP contribution is 2.29. The molecule has 0 radical (unpaired) electrons. The molecule has 0 fully saturated rings. The minimum atomic E-state index is -2.38. The van der Waals surface area contributed by atoms with Gasteiger partial charge in [-0.1, -0.05) is 20.8 Å². The van der Waals surface area contributed by atoms with Crippen LogP contribution in [0.25, 0.3) is 0 Å². The van der Waals surface area contributed by atoms with Crippen molar-refractivity contribution in [3.63, 3.8) is 0 Å². The Kier molecular flexibility index (Phi) is 5.79. The van der Waals surface area contributed by atoms with Crippen LogP contribution in [0, 0.1) is 5.92 Å². The molecule has 80 valence electrons. The molecule has 0 aromatic heterocycles. The van der Waals surface area contributed by atoms with Gasteiger partial charge in [0.1, 0.15) is 0 Å². The number of rotatable bonds is 6. The van der Waals surface area contributed by atoms with Gasteiger partial charge in [0.25, 0.3) is 0 Å². The first-order valence-electron chi connectivity index (χ1n) is 4.67. The largest absolute Gasteiger partial charge is 0.503 e. The van der Waals surface area contributed by atoms with Crippen molar-refractivity contribution in [1.29, 1.82) is 0 Å². The maximum atomic E-state index is 5.39. The number of hydrogen-bond acceptors (Lipinski definition) is 3. The van der Waals surface area contributed by atoms with Gasteiger partial charge in [-0.15, -0.1) is 0 Å². The molecule has 4 heteroatoms. The predicted octanol–water partition coefficient (Wildman–Crippen LogP) is 2.30. The molecular weight excluding hydrogens is 184 g/mol. The summed E-state index contributed by atoms with van der Waals surface area (Å²) in [6.45, 7) is 6.51. The molecule has 0 rings (SSSR count). The van der Waals surface area contributed by atoms with E-state index in [1.165, 1.54) is 0 Å². The van der Waals surface area contributed by atoms with Crippen LogP contribution in [0.5, 0.6) is 0 Å². The highest BCUT2D eigenvalue weighted by atomic mass is 28.4. The summed E-state index contributed by atoms with van der Waals surface area (Å²) in [4.78, 5) is 0. The monoisotopic (exact) mass is 206 g/mol. The fourth-order valence-corrected chi connectivity index (χ4v) is 4.17. The summed E-state index contributed by atoms with van der Waals surface area (Å²) in [6, 6.07) is 0. The van der Waals surface area contributed by atoms with Crippen LogP contribution < -0.4 is 0 Å². The molecule has 0 saturated heterocycles. The van der Waals surface area contributed by atoms with Crippen LogP contribution in [-0.4, -0.2) is 30.1 Å². The molecule has 0 aliphatic rings. The highest BCUT2D eigenvalue weighted by molar-refractivity contribution is 6.62. The van der Waals surface area contributed by atoms with Gasteiger partial charge in [-0.2, -0.15) is 0 Å². The molecular formula is C9H22O3Si. The van der Waals surface area contributed by atoms with Crippen molar-refractivity contribution in [3.05, 3.63) is 0 Å². The lowest BCUT2D eigenvalue weighted by atomic mass is 10.1. The van der Waals surface area contributed by atoms with Crippen molar-refractivity contribution >= 4 is 8.80 Å². The van der Waals surface area contributed by atoms with E-state index in [-0.39, 0.29) is 0 Å². The quantitative estimate of drug-likeness (QED) is 0.624. The Morgan fingerprint density at radius 3 is 1.54 bits per heavy atom. The lowest BCUT2D eigenvalue weighted by Gasteiger charge is -2.30. The molecule has 1 unspecified atom stereocenters. The third-order valence-corrected chi connectivity index (χ3v) is 5.43. The minimum absolute atomic E-state index is 0.354. The van der Waals surface area contributed by atoms with E-state index in [4.69, 9.17) is 13.3 Å². The van der Waals surface area contributed by atoms with E-state index in [0.717, 1.165) is 6.42 Å². The van der Waals surface area contributed by atoms with Gasteiger partial charge in [0.2, 0.25) is 0 Å². The van der Waals surface area contributed by atoms with Crippen LogP contribution in [0.4, 0.5) is 0 Å². The van der Waals surface area contributed by atoms with E-state index in [2.05, 4.69) is 20.8 Å². The molecule has 0 spiro atoms. The first kappa shape index (κ1) is 13.1. The van der Waals surface area contributed by atoms with Crippen molar-refractivity contribution in [3.8, 4) is 0 Å². The van der Waals surface area contributed by atoms with Crippen molar-refractivity contribution in [2.45, 2.75) is 32.7 Å². The third kappa shape index (κ3) is 3.38. The zero-order chi connectivity index (χ0) is 10.5.